The van der Waals surface area contributed by atoms with E-state index in [1.807, 2.05) is 0 Å². The third-order valence-electron chi connectivity index (χ3n) is 3.47. The molecule has 0 rings (SSSR count). The first-order chi connectivity index (χ1) is 7.02. The van der Waals surface area contributed by atoms with E-state index in [1.54, 1.807) is 0 Å². The maximum absolute atomic E-state index is 2.46. The fourth-order valence-electron chi connectivity index (χ4n) is 1.87. The Morgan fingerprint density at radius 2 is 1.67 bits per heavy atom. The molecule has 15 heavy (non-hydrogen) atoms. The molecule has 0 saturated carbocycles. The Hall–Kier alpha value is -0.0800. The highest BCUT2D eigenvalue weighted by Crippen LogP contribution is 2.15. The highest BCUT2D eigenvalue weighted by molar-refractivity contribution is 4.66. The molecule has 0 amide bonds. The van der Waals surface area contributed by atoms with Crippen LogP contribution in [0.5, 0.6) is 0 Å². The van der Waals surface area contributed by atoms with Crippen molar-refractivity contribution < 1.29 is 0 Å². The molecule has 0 bridgehead atoms. The van der Waals surface area contributed by atoms with Crippen LogP contribution in [0.15, 0.2) is 0 Å². The molecule has 2 atom stereocenters. The summed E-state index contributed by atoms with van der Waals surface area (Å²) in [6.45, 7) is 8.09. The van der Waals surface area contributed by atoms with Gasteiger partial charge in [-0.15, -0.1) is 0 Å². The minimum atomic E-state index is 0.542. The molecule has 0 aromatic rings. The molecular weight excluding hydrogens is 184 g/mol. The maximum atomic E-state index is 2.46. The first-order valence-corrected chi connectivity index (χ1v) is 6.39. The van der Waals surface area contributed by atoms with Crippen LogP contribution < -0.4 is 0 Å². The largest absolute Gasteiger partial charge is 0.294 e. The lowest BCUT2D eigenvalue weighted by atomic mass is 9.99. The number of nitrogens with zero attached hydrogens (tertiary/aromatic N) is 2. The number of unbranched alkanes of at least 4 members (excludes halogenated alkanes) is 1. The minimum Gasteiger partial charge on any atom is -0.294 e. The van der Waals surface area contributed by atoms with Gasteiger partial charge < -0.3 is 0 Å². The SMILES string of the molecule is CCCCC(CC)CN(C)C(C)N(C)C. The van der Waals surface area contributed by atoms with Crippen molar-refractivity contribution >= 4 is 0 Å². The Labute approximate surface area is 96.6 Å². The summed E-state index contributed by atoms with van der Waals surface area (Å²) in [7, 11) is 6.53. The van der Waals surface area contributed by atoms with Gasteiger partial charge in [-0.25, -0.2) is 0 Å². The third kappa shape index (κ3) is 6.16. The fourth-order valence-corrected chi connectivity index (χ4v) is 1.87. The first-order valence-electron chi connectivity index (χ1n) is 6.39. The van der Waals surface area contributed by atoms with E-state index in [0.29, 0.717) is 6.17 Å². The van der Waals surface area contributed by atoms with Crippen LogP contribution in [0.2, 0.25) is 0 Å². The molecule has 2 nitrogen and oxygen atoms in total. The lowest BCUT2D eigenvalue weighted by Crippen LogP contribution is -2.42. The van der Waals surface area contributed by atoms with Gasteiger partial charge in [-0.05, 0) is 40.4 Å². The Bertz CT molecular complexity index is 145. The molecule has 0 aromatic heterocycles. The Kier molecular flexibility index (Phi) is 8.07. The second-order valence-corrected chi connectivity index (χ2v) is 4.95. The van der Waals surface area contributed by atoms with Crippen molar-refractivity contribution in [3.63, 3.8) is 0 Å². The lowest BCUT2D eigenvalue weighted by molar-refractivity contribution is 0.100. The van der Waals surface area contributed by atoms with Gasteiger partial charge in [0.15, 0.2) is 0 Å². The number of hydrogen-bond acceptors (Lipinski definition) is 2. The van der Waals surface area contributed by atoms with Gasteiger partial charge in [0.25, 0.3) is 0 Å². The van der Waals surface area contributed by atoms with Crippen LogP contribution in [0.25, 0.3) is 0 Å². The van der Waals surface area contributed by atoms with Crippen molar-refractivity contribution in [2.24, 2.45) is 5.92 Å². The van der Waals surface area contributed by atoms with Crippen LogP contribution >= 0.6 is 0 Å². The van der Waals surface area contributed by atoms with Crippen LogP contribution in [0.3, 0.4) is 0 Å². The molecule has 0 fully saturated rings. The van der Waals surface area contributed by atoms with Gasteiger partial charge >= 0.3 is 0 Å². The van der Waals surface area contributed by atoms with Gasteiger partial charge in [0.05, 0.1) is 6.17 Å². The molecule has 0 heterocycles. The molecule has 0 aromatic carbocycles. The summed E-state index contributed by atoms with van der Waals surface area (Å²) in [4.78, 5) is 4.73. The smallest absolute Gasteiger partial charge is 0.0585 e. The van der Waals surface area contributed by atoms with E-state index in [4.69, 9.17) is 0 Å². The molecule has 2 heteroatoms. The first kappa shape index (κ1) is 14.9. The fraction of sp³-hybridized carbons (Fsp3) is 1.00. The van der Waals surface area contributed by atoms with Crippen molar-refractivity contribution in [1.29, 1.82) is 0 Å². The van der Waals surface area contributed by atoms with Crippen molar-refractivity contribution in [2.45, 2.75) is 52.6 Å². The maximum Gasteiger partial charge on any atom is 0.0585 e. The third-order valence-corrected chi connectivity index (χ3v) is 3.47. The van der Waals surface area contributed by atoms with E-state index >= 15 is 0 Å². The average molecular weight is 214 g/mol. The minimum absolute atomic E-state index is 0.542. The molecular formula is C13H30N2. The van der Waals surface area contributed by atoms with E-state index < -0.39 is 0 Å². The summed E-state index contributed by atoms with van der Waals surface area (Å²) in [5.41, 5.74) is 0. The van der Waals surface area contributed by atoms with Gasteiger partial charge in [0.1, 0.15) is 0 Å². The predicted molar refractivity (Wildman–Crippen MR) is 69.1 cm³/mol. The highest BCUT2D eigenvalue weighted by Gasteiger charge is 2.15. The van der Waals surface area contributed by atoms with E-state index in [-0.39, 0.29) is 0 Å². The molecule has 0 aliphatic heterocycles. The summed E-state index contributed by atoms with van der Waals surface area (Å²) < 4.78 is 0. The highest BCUT2D eigenvalue weighted by atomic mass is 15.3. The second kappa shape index (κ2) is 8.12. The quantitative estimate of drug-likeness (QED) is 0.573. The Morgan fingerprint density at radius 1 is 1.07 bits per heavy atom. The molecule has 0 radical (unpaired) electrons. The molecule has 0 saturated heterocycles. The molecule has 0 aliphatic carbocycles. The molecule has 2 unspecified atom stereocenters. The van der Waals surface area contributed by atoms with Gasteiger partial charge in [0.2, 0.25) is 0 Å². The number of hydrogen-bond donors (Lipinski definition) is 0. The van der Waals surface area contributed by atoms with Gasteiger partial charge in [-0.1, -0.05) is 33.1 Å². The average Bonchev–Trinajstić information content (AvgIpc) is 2.22. The van der Waals surface area contributed by atoms with Crippen LogP contribution in [-0.4, -0.2) is 43.7 Å². The Balaban J connectivity index is 3.94. The van der Waals surface area contributed by atoms with Crippen molar-refractivity contribution in [3.05, 3.63) is 0 Å². The monoisotopic (exact) mass is 214 g/mol. The van der Waals surface area contributed by atoms with Crippen LogP contribution in [0.1, 0.15) is 46.5 Å². The topological polar surface area (TPSA) is 6.48 Å². The van der Waals surface area contributed by atoms with Crippen molar-refractivity contribution in [3.8, 4) is 0 Å². The van der Waals surface area contributed by atoms with Crippen LogP contribution in [-0.2, 0) is 0 Å². The zero-order valence-corrected chi connectivity index (χ0v) is 11.6. The molecule has 0 aliphatic rings. The van der Waals surface area contributed by atoms with Crippen molar-refractivity contribution in [1.82, 2.24) is 9.80 Å². The normalized spacial score (nSPS) is 16.0. The molecule has 0 N–H and O–H groups in total. The predicted octanol–water partition coefficient (Wildman–Crippen LogP) is 3.04. The summed E-state index contributed by atoms with van der Waals surface area (Å²) in [6.07, 6.45) is 5.94. The van der Waals surface area contributed by atoms with Gasteiger partial charge in [0, 0.05) is 6.54 Å². The second-order valence-electron chi connectivity index (χ2n) is 4.95. The molecule has 92 valence electrons. The van der Waals surface area contributed by atoms with Gasteiger partial charge in [-0.2, -0.15) is 0 Å². The summed E-state index contributed by atoms with van der Waals surface area (Å²) >= 11 is 0. The zero-order valence-electron chi connectivity index (χ0n) is 11.6. The Morgan fingerprint density at radius 3 is 2.07 bits per heavy atom. The van der Waals surface area contributed by atoms with E-state index in [1.165, 1.54) is 32.2 Å². The summed E-state index contributed by atoms with van der Waals surface area (Å²) in [6, 6.07) is 0. The van der Waals surface area contributed by atoms with Gasteiger partial charge in [-0.3, -0.25) is 9.80 Å². The van der Waals surface area contributed by atoms with Crippen LogP contribution in [0.4, 0.5) is 0 Å². The summed E-state index contributed by atoms with van der Waals surface area (Å²) in [5.74, 6) is 0.873. The molecule has 0 spiro atoms. The summed E-state index contributed by atoms with van der Waals surface area (Å²) in [5, 5.41) is 0. The van der Waals surface area contributed by atoms with Crippen LogP contribution in [0, 0.1) is 5.92 Å². The van der Waals surface area contributed by atoms with E-state index in [9.17, 15) is 0 Å². The lowest BCUT2D eigenvalue weighted by Gasteiger charge is -2.32. The standard InChI is InChI=1S/C13H30N2/c1-7-9-10-13(8-2)11-15(6)12(3)14(4)5/h12-13H,7-11H2,1-6H3. The van der Waals surface area contributed by atoms with Crippen molar-refractivity contribution in [2.75, 3.05) is 27.7 Å². The number of rotatable bonds is 8. The van der Waals surface area contributed by atoms with E-state index in [2.05, 4.69) is 51.7 Å². The van der Waals surface area contributed by atoms with E-state index in [0.717, 1.165) is 5.92 Å². The zero-order chi connectivity index (χ0) is 11.8.